The van der Waals surface area contributed by atoms with E-state index in [1.54, 1.807) is 0 Å². The molecule has 1 aromatic carbocycles. The Balaban J connectivity index is 2.17. The lowest BCUT2D eigenvalue weighted by atomic mass is 10.1. The Labute approximate surface area is 138 Å². The molecule has 0 radical (unpaired) electrons. The number of aryl methyl sites for hydroxylation is 1. The minimum atomic E-state index is -4.56. The van der Waals surface area contributed by atoms with Crippen molar-refractivity contribution < 1.29 is 18.0 Å². The number of aromatic nitrogens is 1. The fraction of sp³-hybridized carbons (Fsp3) is 0.353. The van der Waals surface area contributed by atoms with Gasteiger partial charge in [0.1, 0.15) is 0 Å². The average Bonchev–Trinajstić information content (AvgIpc) is 2.92. The number of nitrogens with one attached hydrogen (secondary N) is 1. The summed E-state index contributed by atoms with van der Waals surface area (Å²) >= 11 is 0. The predicted molar refractivity (Wildman–Crippen MR) is 85.6 cm³/mol. The van der Waals surface area contributed by atoms with Gasteiger partial charge in [0.05, 0.1) is 17.2 Å². The van der Waals surface area contributed by atoms with E-state index >= 15 is 0 Å². The molecule has 0 fully saturated rings. The van der Waals surface area contributed by atoms with Crippen LogP contribution >= 0.6 is 0 Å². The zero-order valence-electron chi connectivity index (χ0n) is 13.8. The molecule has 130 valence electrons. The zero-order chi connectivity index (χ0) is 17.9. The molecule has 7 heteroatoms. The number of carbonyl (C=O) groups excluding carboxylic acids is 1. The molecule has 2 rings (SSSR count). The van der Waals surface area contributed by atoms with Gasteiger partial charge in [-0.25, -0.2) is 0 Å². The molecular formula is C17H20F3N3O. The number of rotatable bonds is 5. The minimum absolute atomic E-state index is 0.146. The molecule has 1 unspecified atom stereocenters. The van der Waals surface area contributed by atoms with Crippen molar-refractivity contribution in [2.75, 3.05) is 20.6 Å². The lowest BCUT2D eigenvalue weighted by Gasteiger charge is -2.25. The molecule has 4 nitrogen and oxygen atoms in total. The number of likely N-dealkylation sites (N-methyl/N-ethyl adjacent to an activating group) is 1. The normalized spacial score (nSPS) is 13.1. The maximum absolute atomic E-state index is 13.0. The molecule has 1 amide bonds. The van der Waals surface area contributed by atoms with Crippen LogP contribution < -0.4 is 5.32 Å². The first-order valence-electron chi connectivity index (χ1n) is 7.44. The summed E-state index contributed by atoms with van der Waals surface area (Å²) in [6.45, 7) is 0.204. The summed E-state index contributed by atoms with van der Waals surface area (Å²) in [4.78, 5) is 14.2. The van der Waals surface area contributed by atoms with Crippen LogP contribution in [0.4, 0.5) is 13.2 Å². The lowest BCUT2D eigenvalue weighted by molar-refractivity contribution is -0.137. The first-order chi connectivity index (χ1) is 11.2. The van der Waals surface area contributed by atoms with Crippen LogP contribution in [0.3, 0.4) is 0 Å². The summed E-state index contributed by atoms with van der Waals surface area (Å²) in [6.07, 6.45) is -2.68. The maximum atomic E-state index is 13.0. The largest absolute Gasteiger partial charge is 0.417 e. The van der Waals surface area contributed by atoms with Gasteiger partial charge in [0, 0.05) is 25.5 Å². The van der Waals surface area contributed by atoms with Crippen LogP contribution in [0.25, 0.3) is 0 Å². The molecule has 0 aliphatic carbocycles. The van der Waals surface area contributed by atoms with Crippen molar-refractivity contribution in [3.05, 3.63) is 59.4 Å². The van der Waals surface area contributed by atoms with E-state index in [9.17, 15) is 18.0 Å². The van der Waals surface area contributed by atoms with E-state index in [0.29, 0.717) is 0 Å². The Bertz CT molecular complexity index is 707. The third kappa shape index (κ3) is 3.97. The van der Waals surface area contributed by atoms with E-state index in [4.69, 9.17) is 0 Å². The SMILES string of the molecule is CN(C)C(CNC(=O)c1ccccc1C(F)(F)F)c1cccn1C. The van der Waals surface area contributed by atoms with E-state index in [1.807, 2.05) is 48.9 Å². The van der Waals surface area contributed by atoms with E-state index in [-0.39, 0.29) is 18.2 Å². The predicted octanol–water partition coefficient (Wildman–Crippen LogP) is 3.08. The summed E-state index contributed by atoms with van der Waals surface area (Å²) < 4.78 is 41.0. The van der Waals surface area contributed by atoms with Crippen LogP contribution in [-0.4, -0.2) is 36.0 Å². The van der Waals surface area contributed by atoms with Crippen LogP contribution in [0.2, 0.25) is 0 Å². The highest BCUT2D eigenvalue weighted by Gasteiger charge is 2.34. The van der Waals surface area contributed by atoms with Gasteiger partial charge in [-0.2, -0.15) is 13.2 Å². The second-order valence-corrected chi connectivity index (χ2v) is 5.78. The van der Waals surface area contributed by atoms with Gasteiger partial charge in [0.15, 0.2) is 0 Å². The molecule has 1 N–H and O–H groups in total. The number of benzene rings is 1. The van der Waals surface area contributed by atoms with Crippen molar-refractivity contribution in [2.45, 2.75) is 12.2 Å². The molecular weight excluding hydrogens is 319 g/mol. The Morgan fingerprint density at radius 1 is 1.21 bits per heavy atom. The van der Waals surface area contributed by atoms with Crippen molar-refractivity contribution in [1.82, 2.24) is 14.8 Å². The van der Waals surface area contributed by atoms with Gasteiger partial charge >= 0.3 is 6.18 Å². The molecule has 0 aliphatic heterocycles. The molecule has 0 aliphatic rings. The summed E-state index contributed by atoms with van der Waals surface area (Å²) in [7, 11) is 5.59. The molecule has 0 saturated heterocycles. The molecule has 24 heavy (non-hydrogen) atoms. The van der Waals surface area contributed by atoms with Gasteiger partial charge in [-0.15, -0.1) is 0 Å². The number of carbonyl (C=O) groups is 1. The Morgan fingerprint density at radius 2 is 1.88 bits per heavy atom. The van der Waals surface area contributed by atoms with E-state index in [2.05, 4.69) is 5.32 Å². The van der Waals surface area contributed by atoms with E-state index in [1.165, 1.54) is 18.2 Å². The maximum Gasteiger partial charge on any atom is 0.417 e. The lowest BCUT2D eigenvalue weighted by Crippen LogP contribution is -2.36. The second kappa shape index (κ2) is 7.09. The van der Waals surface area contributed by atoms with E-state index in [0.717, 1.165) is 11.8 Å². The van der Waals surface area contributed by atoms with Crippen molar-refractivity contribution in [3.8, 4) is 0 Å². The van der Waals surface area contributed by atoms with Crippen LogP contribution in [0, 0.1) is 0 Å². The topological polar surface area (TPSA) is 37.3 Å². The Kier molecular flexibility index (Phi) is 5.33. The van der Waals surface area contributed by atoms with Crippen molar-refractivity contribution in [3.63, 3.8) is 0 Å². The van der Waals surface area contributed by atoms with Gasteiger partial charge in [0.25, 0.3) is 5.91 Å². The quantitative estimate of drug-likeness (QED) is 0.909. The summed E-state index contributed by atoms with van der Waals surface area (Å²) in [6, 6.07) is 8.44. The molecule has 1 aromatic heterocycles. The number of amides is 1. The Morgan fingerprint density at radius 3 is 2.42 bits per heavy atom. The van der Waals surface area contributed by atoms with Crippen molar-refractivity contribution in [2.24, 2.45) is 7.05 Å². The smallest absolute Gasteiger partial charge is 0.353 e. The van der Waals surface area contributed by atoms with Crippen LogP contribution in [0.1, 0.15) is 27.7 Å². The molecule has 0 bridgehead atoms. The van der Waals surface area contributed by atoms with Gasteiger partial charge in [-0.3, -0.25) is 9.69 Å². The van der Waals surface area contributed by atoms with Crippen LogP contribution in [0.5, 0.6) is 0 Å². The summed E-state index contributed by atoms with van der Waals surface area (Å²) in [5, 5.41) is 2.61. The highest BCUT2D eigenvalue weighted by molar-refractivity contribution is 5.95. The molecule has 1 heterocycles. The van der Waals surface area contributed by atoms with Gasteiger partial charge in [0.2, 0.25) is 0 Å². The number of nitrogens with zero attached hydrogens (tertiary/aromatic N) is 2. The molecule has 0 saturated carbocycles. The van der Waals surface area contributed by atoms with Crippen molar-refractivity contribution in [1.29, 1.82) is 0 Å². The monoisotopic (exact) mass is 339 g/mol. The summed E-state index contributed by atoms with van der Waals surface area (Å²) in [5.74, 6) is -0.732. The second-order valence-electron chi connectivity index (χ2n) is 5.78. The fourth-order valence-electron chi connectivity index (χ4n) is 2.59. The van der Waals surface area contributed by atoms with Crippen molar-refractivity contribution >= 4 is 5.91 Å². The zero-order valence-corrected chi connectivity index (χ0v) is 13.8. The molecule has 1 atom stereocenters. The number of hydrogen-bond donors (Lipinski definition) is 1. The molecule has 2 aromatic rings. The van der Waals surface area contributed by atoms with Gasteiger partial charge in [-0.1, -0.05) is 12.1 Å². The first kappa shape index (κ1) is 18.1. The minimum Gasteiger partial charge on any atom is -0.353 e. The van der Waals surface area contributed by atoms with E-state index < -0.39 is 17.6 Å². The number of alkyl halides is 3. The highest BCUT2D eigenvalue weighted by Crippen LogP contribution is 2.31. The highest BCUT2D eigenvalue weighted by atomic mass is 19.4. The Hall–Kier alpha value is -2.28. The van der Waals surface area contributed by atoms with Gasteiger partial charge < -0.3 is 9.88 Å². The van der Waals surface area contributed by atoms with Gasteiger partial charge in [-0.05, 0) is 38.4 Å². The number of halogens is 3. The average molecular weight is 339 g/mol. The standard InChI is InChI=1S/C17H20F3N3O/c1-22(2)15(14-9-6-10-23(14)3)11-21-16(24)12-7-4-5-8-13(12)17(18,19)20/h4-10,15H,11H2,1-3H3,(H,21,24). The third-order valence-electron chi connectivity index (χ3n) is 3.88. The van der Waals surface area contributed by atoms with Crippen LogP contribution in [0.15, 0.2) is 42.6 Å². The third-order valence-corrected chi connectivity index (χ3v) is 3.88. The number of hydrogen-bond acceptors (Lipinski definition) is 2. The van der Waals surface area contributed by atoms with Crippen LogP contribution in [-0.2, 0) is 13.2 Å². The fourth-order valence-corrected chi connectivity index (χ4v) is 2.59. The first-order valence-corrected chi connectivity index (χ1v) is 7.44. The summed E-state index contributed by atoms with van der Waals surface area (Å²) in [5.41, 5.74) is -0.332. The molecule has 0 spiro atoms.